The van der Waals surface area contributed by atoms with E-state index in [1.54, 1.807) is 26.3 Å². The van der Waals surface area contributed by atoms with E-state index in [4.69, 9.17) is 4.74 Å². The van der Waals surface area contributed by atoms with Crippen LogP contribution in [0.2, 0.25) is 0 Å². The van der Waals surface area contributed by atoms with Crippen molar-refractivity contribution in [1.82, 2.24) is 4.57 Å². The minimum atomic E-state index is -0.376. The molecule has 2 aromatic carbocycles. The Kier molecular flexibility index (Phi) is 4.31. The van der Waals surface area contributed by atoms with E-state index in [-0.39, 0.29) is 28.9 Å². The molecular formula is C20H17FN2O3S. The number of carbonyl (C=O) groups is 1. The van der Waals surface area contributed by atoms with Crippen molar-refractivity contribution in [3.63, 3.8) is 0 Å². The molecule has 5 nitrogen and oxygen atoms in total. The molecule has 0 aliphatic carbocycles. The molecule has 0 radical (unpaired) electrons. The minimum absolute atomic E-state index is 0.136. The number of ether oxygens (including phenoxy) is 1. The van der Waals surface area contributed by atoms with E-state index >= 15 is 0 Å². The number of methoxy groups -OCH3 is 1. The fourth-order valence-corrected chi connectivity index (χ4v) is 4.48. The zero-order chi connectivity index (χ0) is 19.1. The number of rotatable bonds is 3. The second-order valence-electron chi connectivity index (χ2n) is 6.35. The minimum Gasteiger partial charge on any atom is -0.497 e. The quantitative estimate of drug-likeness (QED) is 0.690. The third kappa shape index (κ3) is 2.94. The van der Waals surface area contributed by atoms with Gasteiger partial charge in [0, 0.05) is 19.4 Å². The Morgan fingerprint density at radius 2 is 1.74 bits per heavy atom. The molecule has 0 fully saturated rings. The summed E-state index contributed by atoms with van der Waals surface area (Å²) in [5, 5.41) is 0. The molecule has 1 aliphatic heterocycles. The number of hydrogen-bond donors (Lipinski definition) is 0. The van der Waals surface area contributed by atoms with Crippen molar-refractivity contribution in [2.24, 2.45) is 7.05 Å². The van der Waals surface area contributed by atoms with Crippen LogP contribution in [-0.4, -0.2) is 17.6 Å². The van der Waals surface area contributed by atoms with Crippen molar-refractivity contribution in [3.8, 4) is 5.75 Å². The van der Waals surface area contributed by atoms with Gasteiger partial charge in [0.1, 0.15) is 17.4 Å². The SMILES string of the molecule is COc1ccc([C@@H]2CC(=O)N(c3ccc(F)cc3)c3c2sc(=O)n3C)cc1. The Balaban J connectivity index is 1.85. The second kappa shape index (κ2) is 6.66. The molecule has 0 unspecified atom stereocenters. The Hall–Kier alpha value is -2.93. The smallest absolute Gasteiger partial charge is 0.308 e. The molecule has 7 heteroatoms. The molecule has 27 heavy (non-hydrogen) atoms. The summed E-state index contributed by atoms with van der Waals surface area (Å²) < 4.78 is 20.0. The van der Waals surface area contributed by atoms with Crippen molar-refractivity contribution >= 4 is 28.7 Å². The van der Waals surface area contributed by atoms with E-state index in [0.29, 0.717) is 11.5 Å². The first-order valence-corrected chi connectivity index (χ1v) is 9.23. The van der Waals surface area contributed by atoms with Crippen molar-refractivity contribution in [1.29, 1.82) is 0 Å². The third-order valence-electron chi connectivity index (χ3n) is 4.77. The van der Waals surface area contributed by atoms with Crippen molar-refractivity contribution in [2.45, 2.75) is 12.3 Å². The van der Waals surface area contributed by atoms with Gasteiger partial charge in [0.15, 0.2) is 0 Å². The lowest BCUT2D eigenvalue weighted by Gasteiger charge is -2.32. The van der Waals surface area contributed by atoms with Crippen LogP contribution in [0.4, 0.5) is 15.9 Å². The standard InChI is InChI=1S/C20H17FN2O3S/c1-22-19-18(27-20(22)25)16(12-3-9-15(26-2)10-4-12)11-17(24)23(19)14-7-5-13(21)6-8-14/h3-10,16H,11H2,1-2H3/t16-/m0/s1. The zero-order valence-corrected chi connectivity index (χ0v) is 15.6. The number of carbonyl (C=O) groups excluding carboxylic acids is 1. The van der Waals surface area contributed by atoms with Crippen LogP contribution in [0.5, 0.6) is 5.75 Å². The van der Waals surface area contributed by atoms with Crippen LogP contribution < -0.4 is 14.5 Å². The Bertz CT molecular complexity index is 1050. The summed E-state index contributed by atoms with van der Waals surface area (Å²) in [6.45, 7) is 0. The van der Waals surface area contributed by atoms with E-state index in [2.05, 4.69) is 0 Å². The van der Waals surface area contributed by atoms with Gasteiger partial charge < -0.3 is 4.74 Å². The molecular weight excluding hydrogens is 367 g/mol. The second-order valence-corrected chi connectivity index (χ2v) is 7.34. The van der Waals surface area contributed by atoms with Crippen LogP contribution in [0.25, 0.3) is 0 Å². The number of halogens is 1. The maximum absolute atomic E-state index is 13.3. The van der Waals surface area contributed by atoms with Crippen molar-refractivity contribution < 1.29 is 13.9 Å². The summed E-state index contributed by atoms with van der Waals surface area (Å²) >= 11 is 1.14. The molecule has 138 valence electrons. The van der Waals surface area contributed by atoms with Gasteiger partial charge in [-0.3, -0.25) is 19.1 Å². The normalized spacial score (nSPS) is 16.3. The monoisotopic (exact) mass is 384 g/mol. The lowest BCUT2D eigenvalue weighted by atomic mass is 9.90. The lowest BCUT2D eigenvalue weighted by molar-refractivity contribution is -0.118. The molecule has 0 bridgehead atoms. The molecule has 2 heterocycles. The first kappa shape index (κ1) is 17.5. The van der Waals surface area contributed by atoms with Gasteiger partial charge in [0.2, 0.25) is 5.91 Å². The van der Waals surface area contributed by atoms with Crippen LogP contribution in [0.3, 0.4) is 0 Å². The largest absolute Gasteiger partial charge is 0.497 e. The molecule has 1 aromatic heterocycles. The maximum atomic E-state index is 13.3. The van der Waals surface area contributed by atoms with Crippen LogP contribution >= 0.6 is 11.3 Å². The number of fused-ring (bicyclic) bond motifs is 1. The van der Waals surface area contributed by atoms with Gasteiger partial charge in [-0.15, -0.1) is 0 Å². The summed E-state index contributed by atoms with van der Waals surface area (Å²) in [5.41, 5.74) is 1.50. The number of nitrogens with zero attached hydrogens (tertiary/aromatic N) is 2. The van der Waals surface area contributed by atoms with Crippen molar-refractivity contribution in [2.75, 3.05) is 12.0 Å². The zero-order valence-electron chi connectivity index (χ0n) is 14.8. The first-order chi connectivity index (χ1) is 13.0. The molecule has 1 atom stereocenters. The Morgan fingerprint density at radius 1 is 1.07 bits per heavy atom. The van der Waals surface area contributed by atoms with Crippen molar-refractivity contribution in [3.05, 3.63) is 74.5 Å². The number of amides is 1. The maximum Gasteiger partial charge on any atom is 0.308 e. The molecule has 1 aliphatic rings. The third-order valence-corrected chi connectivity index (χ3v) is 5.90. The fraction of sp³-hybridized carbons (Fsp3) is 0.200. The van der Waals surface area contributed by atoms with Gasteiger partial charge in [0.05, 0.1) is 17.7 Å². The van der Waals surface area contributed by atoms with Gasteiger partial charge in [0.25, 0.3) is 0 Å². The summed E-state index contributed by atoms with van der Waals surface area (Å²) in [4.78, 5) is 27.6. The number of anilines is 2. The highest BCUT2D eigenvalue weighted by Gasteiger charge is 2.37. The predicted molar refractivity (Wildman–Crippen MR) is 103 cm³/mol. The topological polar surface area (TPSA) is 51.5 Å². The van der Waals surface area contributed by atoms with E-state index < -0.39 is 0 Å². The Morgan fingerprint density at radius 3 is 2.37 bits per heavy atom. The number of benzene rings is 2. The molecule has 4 rings (SSSR count). The van der Waals surface area contributed by atoms with Crippen LogP contribution in [0.1, 0.15) is 22.8 Å². The molecule has 1 amide bonds. The molecule has 0 saturated carbocycles. The highest BCUT2D eigenvalue weighted by Crippen LogP contribution is 2.44. The van der Waals surface area contributed by atoms with Crippen LogP contribution in [0.15, 0.2) is 53.3 Å². The summed E-state index contributed by atoms with van der Waals surface area (Å²) in [5.74, 6) is 0.569. The van der Waals surface area contributed by atoms with E-state index in [9.17, 15) is 14.0 Å². The van der Waals surface area contributed by atoms with Gasteiger partial charge in [-0.25, -0.2) is 4.39 Å². The highest BCUT2D eigenvalue weighted by atomic mass is 32.1. The number of aromatic nitrogens is 1. The molecule has 3 aromatic rings. The van der Waals surface area contributed by atoms with Gasteiger partial charge in [-0.1, -0.05) is 23.5 Å². The molecule has 0 spiro atoms. The number of thiazole rings is 1. The summed E-state index contributed by atoms with van der Waals surface area (Å²) in [7, 11) is 3.25. The van der Waals surface area contributed by atoms with Gasteiger partial charge in [-0.2, -0.15) is 0 Å². The first-order valence-electron chi connectivity index (χ1n) is 8.41. The summed E-state index contributed by atoms with van der Waals surface area (Å²) in [6, 6.07) is 13.2. The van der Waals surface area contributed by atoms with E-state index in [0.717, 1.165) is 27.5 Å². The van der Waals surface area contributed by atoms with Gasteiger partial charge >= 0.3 is 4.87 Å². The Labute approximate surface area is 159 Å². The highest BCUT2D eigenvalue weighted by molar-refractivity contribution is 7.10. The van der Waals surface area contributed by atoms with E-state index in [1.807, 2.05) is 24.3 Å². The summed E-state index contributed by atoms with van der Waals surface area (Å²) in [6.07, 6.45) is 0.233. The average molecular weight is 384 g/mol. The van der Waals surface area contributed by atoms with Crippen LogP contribution in [0, 0.1) is 5.82 Å². The average Bonchev–Trinajstić information content (AvgIpc) is 2.97. The fourth-order valence-electron chi connectivity index (χ4n) is 3.39. The molecule has 0 saturated heterocycles. The number of hydrogen-bond acceptors (Lipinski definition) is 4. The van der Waals surface area contributed by atoms with E-state index in [1.165, 1.54) is 21.6 Å². The molecule has 0 N–H and O–H groups in total. The lowest BCUT2D eigenvalue weighted by Crippen LogP contribution is -2.34. The predicted octanol–water partition coefficient (Wildman–Crippen LogP) is 3.79. The van der Waals surface area contributed by atoms with Gasteiger partial charge in [-0.05, 0) is 42.0 Å². The van der Waals surface area contributed by atoms with Crippen LogP contribution in [-0.2, 0) is 11.8 Å².